The molecule has 18 heavy (non-hydrogen) atoms. The van der Waals surface area contributed by atoms with Crippen molar-refractivity contribution in [2.75, 3.05) is 45.3 Å². The lowest BCUT2D eigenvalue weighted by Gasteiger charge is -2.35. The molecule has 0 bridgehead atoms. The summed E-state index contributed by atoms with van der Waals surface area (Å²) < 4.78 is 10.7. The third-order valence-corrected chi connectivity index (χ3v) is 3.27. The van der Waals surface area contributed by atoms with Gasteiger partial charge in [-0.1, -0.05) is 0 Å². The molecule has 0 aliphatic carbocycles. The molecule has 1 unspecified atom stereocenters. The maximum Gasteiger partial charge on any atom is 0.142 e. The number of piperazine rings is 1. The van der Waals surface area contributed by atoms with Crippen molar-refractivity contribution in [1.29, 1.82) is 0 Å². The summed E-state index contributed by atoms with van der Waals surface area (Å²) in [6, 6.07) is 6.19. The Morgan fingerprint density at radius 1 is 1.39 bits per heavy atom. The number of methoxy groups -OCH3 is 2. The van der Waals surface area contributed by atoms with Crippen molar-refractivity contribution in [2.24, 2.45) is 5.73 Å². The number of hydrogen-bond acceptors (Lipinski definition) is 5. The second-order valence-electron chi connectivity index (χ2n) is 4.37. The molecule has 1 fully saturated rings. The van der Waals surface area contributed by atoms with Gasteiger partial charge in [-0.05, 0) is 12.1 Å². The van der Waals surface area contributed by atoms with Crippen LogP contribution in [-0.2, 0) is 0 Å². The highest BCUT2D eigenvalue weighted by Gasteiger charge is 2.21. The number of nitrogens with one attached hydrogen (secondary N) is 1. The quantitative estimate of drug-likeness (QED) is 0.813. The molecule has 1 aliphatic heterocycles. The highest BCUT2D eigenvalue weighted by molar-refractivity contribution is 5.62. The van der Waals surface area contributed by atoms with Crippen LogP contribution in [0.2, 0.25) is 0 Å². The SMILES string of the molecule is COc1ccc(OC)c(N2CCNC(CN)C2)c1. The van der Waals surface area contributed by atoms with Gasteiger partial charge in [-0.25, -0.2) is 0 Å². The van der Waals surface area contributed by atoms with Gasteiger partial charge in [0.1, 0.15) is 11.5 Å². The Hall–Kier alpha value is -1.46. The predicted molar refractivity (Wildman–Crippen MR) is 72.6 cm³/mol. The first kappa shape index (κ1) is 13.0. The molecule has 1 saturated heterocycles. The van der Waals surface area contributed by atoms with E-state index in [0.717, 1.165) is 36.8 Å². The van der Waals surface area contributed by atoms with Crippen LogP contribution in [0.4, 0.5) is 5.69 Å². The predicted octanol–water partition coefficient (Wildman–Crippen LogP) is 0.441. The van der Waals surface area contributed by atoms with Gasteiger partial charge < -0.3 is 25.4 Å². The third kappa shape index (κ3) is 2.68. The topological polar surface area (TPSA) is 59.8 Å². The van der Waals surface area contributed by atoms with E-state index in [2.05, 4.69) is 10.2 Å². The van der Waals surface area contributed by atoms with Crippen LogP contribution >= 0.6 is 0 Å². The van der Waals surface area contributed by atoms with Gasteiger partial charge in [0.2, 0.25) is 0 Å². The van der Waals surface area contributed by atoms with E-state index in [1.54, 1.807) is 14.2 Å². The Morgan fingerprint density at radius 3 is 2.89 bits per heavy atom. The fourth-order valence-electron chi connectivity index (χ4n) is 2.25. The Kier molecular flexibility index (Phi) is 4.28. The van der Waals surface area contributed by atoms with Gasteiger partial charge in [0, 0.05) is 38.3 Å². The molecular formula is C13H21N3O2. The molecule has 1 aromatic rings. The van der Waals surface area contributed by atoms with Gasteiger partial charge in [-0.15, -0.1) is 0 Å². The zero-order valence-electron chi connectivity index (χ0n) is 11.0. The second-order valence-corrected chi connectivity index (χ2v) is 4.37. The summed E-state index contributed by atoms with van der Waals surface area (Å²) in [5.41, 5.74) is 6.79. The molecule has 5 heteroatoms. The lowest BCUT2D eigenvalue weighted by Crippen LogP contribution is -2.53. The van der Waals surface area contributed by atoms with Gasteiger partial charge in [-0.2, -0.15) is 0 Å². The molecule has 100 valence electrons. The average molecular weight is 251 g/mol. The number of benzene rings is 1. The molecule has 1 heterocycles. The Morgan fingerprint density at radius 2 is 2.22 bits per heavy atom. The van der Waals surface area contributed by atoms with E-state index in [4.69, 9.17) is 15.2 Å². The minimum absolute atomic E-state index is 0.328. The molecule has 0 amide bonds. The van der Waals surface area contributed by atoms with Crippen molar-refractivity contribution in [1.82, 2.24) is 5.32 Å². The van der Waals surface area contributed by atoms with Crippen molar-refractivity contribution in [3.05, 3.63) is 18.2 Å². The van der Waals surface area contributed by atoms with E-state index in [1.165, 1.54) is 0 Å². The molecule has 0 spiro atoms. The number of nitrogens with zero attached hydrogens (tertiary/aromatic N) is 1. The number of ether oxygens (including phenoxy) is 2. The lowest BCUT2D eigenvalue weighted by atomic mass is 10.1. The molecule has 0 saturated carbocycles. The maximum atomic E-state index is 5.73. The molecule has 1 aromatic carbocycles. The number of nitrogens with two attached hydrogens (primary N) is 1. The number of rotatable bonds is 4. The summed E-state index contributed by atoms with van der Waals surface area (Å²) in [5.74, 6) is 1.71. The Labute approximate surface area is 108 Å². The highest BCUT2D eigenvalue weighted by atomic mass is 16.5. The zero-order valence-corrected chi connectivity index (χ0v) is 11.0. The number of hydrogen-bond donors (Lipinski definition) is 2. The van der Waals surface area contributed by atoms with Crippen LogP contribution in [0.15, 0.2) is 18.2 Å². The first-order valence-corrected chi connectivity index (χ1v) is 6.19. The maximum absolute atomic E-state index is 5.73. The van der Waals surface area contributed by atoms with Gasteiger partial charge in [0.05, 0.1) is 19.9 Å². The van der Waals surface area contributed by atoms with Crippen molar-refractivity contribution < 1.29 is 9.47 Å². The Balaban J connectivity index is 2.24. The summed E-state index contributed by atoms with van der Waals surface area (Å²) in [6.07, 6.45) is 0. The van der Waals surface area contributed by atoms with Gasteiger partial charge >= 0.3 is 0 Å². The summed E-state index contributed by atoms with van der Waals surface area (Å²) in [7, 11) is 3.36. The fourth-order valence-corrected chi connectivity index (χ4v) is 2.25. The van der Waals surface area contributed by atoms with Crippen molar-refractivity contribution in [2.45, 2.75) is 6.04 Å². The largest absolute Gasteiger partial charge is 0.497 e. The first-order chi connectivity index (χ1) is 8.78. The van der Waals surface area contributed by atoms with E-state index in [0.29, 0.717) is 12.6 Å². The molecule has 0 aromatic heterocycles. The standard InChI is InChI=1S/C13H21N3O2/c1-17-11-3-4-13(18-2)12(7-11)16-6-5-15-10(8-14)9-16/h3-4,7,10,15H,5-6,8-9,14H2,1-2H3. The molecule has 2 rings (SSSR count). The smallest absolute Gasteiger partial charge is 0.142 e. The van der Waals surface area contributed by atoms with E-state index < -0.39 is 0 Å². The van der Waals surface area contributed by atoms with E-state index in [9.17, 15) is 0 Å². The van der Waals surface area contributed by atoms with Crippen molar-refractivity contribution in [3.63, 3.8) is 0 Å². The van der Waals surface area contributed by atoms with Crippen LogP contribution < -0.4 is 25.4 Å². The Bertz CT molecular complexity index is 398. The van der Waals surface area contributed by atoms with Gasteiger partial charge in [0.25, 0.3) is 0 Å². The van der Waals surface area contributed by atoms with Crippen LogP contribution in [-0.4, -0.2) is 46.4 Å². The third-order valence-electron chi connectivity index (χ3n) is 3.27. The minimum Gasteiger partial charge on any atom is -0.497 e. The summed E-state index contributed by atoms with van der Waals surface area (Å²) >= 11 is 0. The summed E-state index contributed by atoms with van der Waals surface area (Å²) in [5, 5.41) is 3.40. The highest BCUT2D eigenvalue weighted by Crippen LogP contribution is 2.32. The number of anilines is 1. The summed E-state index contributed by atoms with van der Waals surface area (Å²) in [4.78, 5) is 2.29. The normalized spacial score (nSPS) is 19.7. The van der Waals surface area contributed by atoms with Crippen LogP contribution in [0, 0.1) is 0 Å². The molecule has 1 atom stereocenters. The van der Waals surface area contributed by atoms with E-state index >= 15 is 0 Å². The van der Waals surface area contributed by atoms with Crippen molar-refractivity contribution in [3.8, 4) is 11.5 Å². The molecule has 0 radical (unpaired) electrons. The van der Waals surface area contributed by atoms with Gasteiger partial charge in [-0.3, -0.25) is 0 Å². The van der Waals surface area contributed by atoms with Gasteiger partial charge in [0.15, 0.2) is 0 Å². The first-order valence-electron chi connectivity index (χ1n) is 6.19. The fraction of sp³-hybridized carbons (Fsp3) is 0.538. The molecular weight excluding hydrogens is 230 g/mol. The van der Waals surface area contributed by atoms with E-state index in [-0.39, 0.29) is 0 Å². The zero-order chi connectivity index (χ0) is 13.0. The summed E-state index contributed by atoms with van der Waals surface area (Å²) in [6.45, 7) is 3.41. The molecule has 3 N–H and O–H groups in total. The van der Waals surface area contributed by atoms with Crippen LogP contribution in [0.1, 0.15) is 0 Å². The average Bonchev–Trinajstić information content (AvgIpc) is 2.46. The van der Waals surface area contributed by atoms with Crippen LogP contribution in [0.5, 0.6) is 11.5 Å². The van der Waals surface area contributed by atoms with Crippen molar-refractivity contribution >= 4 is 5.69 Å². The molecule has 1 aliphatic rings. The second kappa shape index (κ2) is 5.93. The minimum atomic E-state index is 0.328. The van der Waals surface area contributed by atoms with Crippen LogP contribution in [0.3, 0.4) is 0 Å². The monoisotopic (exact) mass is 251 g/mol. The molecule has 5 nitrogen and oxygen atoms in total. The lowest BCUT2D eigenvalue weighted by molar-refractivity contribution is 0.398. The van der Waals surface area contributed by atoms with E-state index in [1.807, 2.05) is 18.2 Å². The van der Waals surface area contributed by atoms with Crippen LogP contribution in [0.25, 0.3) is 0 Å².